The summed E-state index contributed by atoms with van der Waals surface area (Å²) in [5.74, 6) is 1.94. The van der Waals surface area contributed by atoms with Crippen LogP contribution in [0.2, 0.25) is 0 Å². The quantitative estimate of drug-likeness (QED) is 0.820. The number of fused-ring (bicyclic) bond motifs is 1. The summed E-state index contributed by atoms with van der Waals surface area (Å²) in [5.41, 5.74) is 2.82. The molecule has 0 unspecified atom stereocenters. The van der Waals surface area contributed by atoms with Gasteiger partial charge in [0.05, 0.1) is 6.61 Å². The van der Waals surface area contributed by atoms with Gasteiger partial charge in [0.1, 0.15) is 5.75 Å². The number of hydrogen-bond donors (Lipinski definition) is 0. The molecule has 0 N–H and O–H groups in total. The second kappa shape index (κ2) is 6.15. The van der Waals surface area contributed by atoms with E-state index in [2.05, 4.69) is 42.0 Å². The maximum absolute atomic E-state index is 5.59. The number of hydrogen-bond acceptors (Lipinski definition) is 3. The van der Waals surface area contributed by atoms with Gasteiger partial charge in [0, 0.05) is 26.1 Å². The maximum Gasteiger partial charge on any atom is 0.122 e. The van der Waals surface area contributed by atoms with Gasteiger partial charge in [-0.3, -0.25) is 4.90 Å². The molecule has 2 aliphatic heterocycles. The first-order valence-corrected chi connectivity index (χ1v) is 7.90. The largest absolute Gasteiger partial charge is 0.493 e. The van der Waals surface area contributed by atoms with Crippen LogP contribution in [-0.4, -0.2) is 49.6 Å². The van der Waals surface area contributed by atoms with Crippen LogP contribution in [0.1, 0.15) is 24.5 Å². The van der Waals surface area contributed by atoms with E-state index in [1.165, 1.54) is 37.2 Å². The van der Waals surface area contributed by atoms with E-state index in [-0.39, 0.29) is 0 Å². The summed E-state index contributed by atoms with van der Waals surface area (Å²) >= 11 is 0. The van der Waals surface area contributed by atoms with E-state index in [4.69, 9.17) is 4.74 Å². The standard InChI is InChI=1S/C17H26N2O/c1-3-19(13-15-6-8-18(2)11-15)12-14-4-5-17-16(10-14)7-9-20-17/h4-5,10,15H,3,6-9,11-13H2,1-2H3/t15-/m0/s1. The normalized spacial score (nSPS) is 22.2. The predicted octanol–water partition coefficient (Wildman–Crippen LogP) is 2.40. The van der Waals surface area contributed by atoms with Crippen molar-refractivity contribution in [3.8, 4) is 5.75 Å². The highest BCUT2D eigenvalue weighted by atomic mass is 16.5. The average molecular weight is 274 g/mol. The maximum atomic E-state index is 5.59. The molecule has 2 heterocycles. The van der Waals surface area contributed by atoms with Crippen molar-refractivity contribution < 1.29 is 4.74 Å². The molecule has 20 heavy (non-hydrogen) atoms. The summed E-state index contributed by atoms with van der Waals surface area (Å²) in [4.78, 5) is 5.03. The lowest BCUT2D eigenvalue weighted by molar-refractivity contribution is 0.233. The average Bonchev–Trinajstić information content (AvgIpc) is 3.06. The minimum absolute atomic E-state index is 0.845. The van der Waals surface area contributed by atoms with E-state index in [0.29, 0.717) is 0 Å². The fraction of sp³-hybridized carbons (Fsp3) is 0.647. The highest BCUT2D eigenvalue weighted by Crippen LogP contribution is 2.26. The van der Waals surface area contributed by atoms with Gasteiger partial charge < -0.3 is 9.64 Å². The van der Waals surface area contributed by atoms with Crippen molar-refractivity contribution in [1.82, 2.24) is 9.80 Å². The molecule has 1 fully saturated rings. The predicted molar refractivity (Wildman–Crippen MR) is 82.2 cm³/mol. The van der Waals surface area contributed by atoms with Crippen LogP contribution in [-0.2, 0) is 13.0 Å². The highest BCUT2D eigenvalue weighted by molar-refractivity contribution is 5.39. The van der Waals surface area contributed by atoms with Crippen LogP contribution in [0, 0.1) is 5.92 Å². The number of ether oxygens (including phenoxy) is 1. The first-order valence-electron chi connectivity index (χ1n) is 7.90. The van der Waals surface area contributed by atoms with Crippen molar-refractivity contribution in [3.05, 3.63) is 29.3 Å². The molecule has 0 aliphatic carbocycles. The first kappa shape index (κ1) is 13.9. The minimum Gasteiger partial charge on any atom is -0.493 e. The van der Waals surface area contributed by atoms with Crippen molar-refractivity contribution in [3.63, 3.8) is 0 Å². The molecule has 0 radical (unpaired) electrons. The molecule has 1 atom stereocenters. The Labute approximate surface area is 122 Å². The van der Waals surface area contributed by atoms with Crippen LogP contribution in [0.5, 0.6) is 5.75 Å². The monoisotopic (exact) mass is 274 g/mol. The number of rotatable bonds is 5. The summed E-state index contributed by atoms with van der Waals surface area (Å²) in [6.07, 6.45) is 2.42. The zero-order valence-electron chi connectivity index (χ0n) is 12.8. The van der Waals surface area contributed by atoms with Crippen LogP contribution in [0.3, 0.4) is 0 Å². The first-order chi connectivity index (χ1) is 9.74. The molecular formula is C17H26N2O. The smallest absolute Gasteiger partial charge is 0.122 e. The van der Waals surface area contributed by atoms with Crippen LogP contribution in [0.15, 0.2) is 18.2 Å². The lowest BCUT2D eigenvalue weighted by Gasteiger charge is -2.24. The Hall–Kier alpha value is -1.06. The Morgan fingerprint density at radius 1 is 1.40 bits per heavy atom. The van der Waals surface area contributed by atoms with Gasteiger partial charge in [-0.05, 0) is 49.7 Å². The minimum atomic E-state index is 0.845. The van der Waals surface area contributed by atoms with Gasteiger partial charge in [-0.1, -0.05) is 19.1 Å². The summed E-state index contributed by atoms with van der Waals surface area (Å²) < 4.78 is 5.59. The summed E-state index contributed by atoms with van der Waals surface area (Å²) in [6.45, 7) is 9.08. The molecular weight excluding hydrogens is 248 g/mol. The van der Waals surface area contributed by atoms with Gasteiger partial charge in [-0.25, -0.2) is 0 Å². The van der Waals surface area contributed by atoms with E-state index in [0.717, 1.165) is 37.8 Å². The third-order valence-electron chi connectivity index (χ3n) is 4.61. The Kier molecular flexibility index (Phi) is 4.27. The van der Waals surface area contributed by atoms with Gasteiger partial charge in [0.15, 0.2) is 0 Å². The zero-order valence-corrected chi connectivity index (χ0v) is 12.8. The van der Waals surface area contributed by atoms with Gasteiger partial charge in [0.25, 0.3) is 0 Å². The van der Waals surface area contributed by atoms with Crippen LogP contribution < -0.4 is 4.74 Å². The SMILES string of the molecule is CCN(Cc1ccc2c(c1)CCO2)C[C@H]1CCN(C)C1. The lowest BCUT2D eigenvalue weighted by atomic mass is 10.1. The van der Waals surface area contributed by atoms with Gasteiger partial charge >= 0.3 is 0 Å². The fourth-order valence-corrected chi connectivity index (χ4v) is 3.44. The molecule has 3 rings (SSSR count). The molecule has 0 amide bonds. The molecule has 3 heteroatoms. The Balaban J connectivity index is 1.60. The Morgan fingerprint density at radius 2 is 2.30 bits per heavy atom. The third-order valence-corrected chi connectivity index (χ3v) is 4.61. The van der Waals surface area contributed by atoms with E-state index < -0.39 is 0 Å². The third kappa shape index (κ3) is 3.15. The van der Waals surface area contributed by atoms with Gasteiger partial charge in [0.2, 0.25) is 0 Å². The molecule has 3 nitrogen and oxygen atoms in total. The van der Waals surface area contributed by atoms with Crippen molar-refractivity contribution in [1.29, 1.82) is 0 Å². The Bertz CT molecular complexity index is 460. The van der Waals surface area contributed by atoms with E-state index in [9.17, 15) is 0 Å². The summed E-state index contributed by atoms with van der Waals surface area (Å²) in [6, 6.07) is 6.72. The molecule has 110 valence electrons. The highest BCUT2D eigenvalue weighted by Gasteiger charge is 2.21. The molecule has 2 aliphatic rings. The van der Waals surface area contributed by atoms with Crippen molar-refractivity contribution in [2.24, 2.45) is 5.92 Å². The second-order valence-corrected chi connectivity index (χ2v) is 6.29. The number of likely N-dealkylation sites (tertiary alicyclic amines) is 1. The topological polar surface area (TPSA) is 15.7 Å². The van der Waals surface area contributed by atoms with E-state index in [1.54, 1.807) is 0 Å². The molecule has 1 aromatic rings. The van der Waals surface area contributed by atoms with Crippen LogP contribution in [0.25, 0.3) is 0 Å². The molecule has 0 spiro atoms. The van der Waals surface area contributed by atoms with Crippen molar-refractivity contribution in [2.75, 3.05) is 39.8 Å². The van der Waals surface area contributed by atoms with Crippen molar-refractivity contribution in [2.45, 2.75) is 26.3 Å². The van der Waals surface area contributed by atoms with Gasteiger partial charge in [-0.15, -0.1) is 0 Å². The summed E-state index contributed by atoms with van der Waals surface area (Å²) in [5, 5.41) is 0. The molecule has 0 bridgehead atoms. The Morgan fingerprint density at radius 3 is 3.05 bits per heavy atom. The fourth-order valence-electron chi connectivity index (χ4n) is 3.44. The second-order valence-electron chi connectivity index (χ2n) is 6.29. The molecule has 1 saturated heterocycles. The molecule has 0 saturated carbocycles. The molecule has 0 aromatic heterocycles. The number of benzene rings is 1. The lowest BCUT2D eigenvalue weighted by Crippen LogP contribution is -2.30. The zero-order chi connectivity index (χ0) is 13.9. The van der Waals surface area contributed by atoms with Gasteiger partial charge in [-0.2, -0.15) is 0 Å². The summed E-state index contributed by atoms with van der Waals surface area (Å²) in [7, 11) is 2.23. The number of nitrogens with zero attached hydrogens (tertiary/aromatic N) is 2. The molecule has 1 aromatic carbocycles. The van der Waals surface area contributed by atoms with Crippen LogP contribution in [0.4, 0.5) is 0 Å². The van der Waals surface area contributed by atoms with Crippen LogP contribution >= 0.6 is 0 Å². The van der Waals surface area contributed by atoms with Crippen molar-refractivity contribution >= 4 is 0 Å². The van der Waals surface area contributed by atoms with E-state index >= 15 is 0 Å². The van der Waals surface area contributed by atoms with E-state index in [1.807, 2.05) is 0 Å².